The van der Waals surface area contributed by atoms with Crippen molar-refractivity contribution in [3.05, 3.63) is 206 Å². The van der Waals surface area contributed by atoms with Gasteiger partial charge in [0.05, 0.1) is 0 Å². The predicted octanol–water partition coefficient (Wildman–Crippen LogP) is 16.1. The highest BCUT2D eigenvalue weighted by Crippen LogP contribution is 2.47. The molecule has 0 aliphatic carbocycles. The zero-order valence-electron chi connectivity index (χ0n) is 32.1. The van der Waals surface area contributed by atoms with Gasteiger partial charge >= 0.3 is 0 Å². The Morgan fingerprint density at radius 2 is 0.881 bits per heavy atom. The lowest BCUT2D eigenvalue weighted by Gasteiger charge is -2.28. The van der Waals surface area contributed by atoms with Crippen molar-refractivity contribution in [3.8, 4) is 11.1 Å². The van der Waals surface area contributed by atoms with Crippen LogP contribution in [0.1, 0.15) is 5.56 Å². The Labute approximate surface area is 340 Å². The lowest BCUT2D eigenvalue weighted by molar-refractivity contribution is 0.668. The summed E-state index contributed by atoms with van der Waals surface area (Å²) in [5.41, 5.74) is 7.75. The molecule has 2 nitrogen and oxygen atoms in total. The maximum atomic E-state index is 6.44. The molecule has 0 fully saturated rings. The number of benzene rings is 11. The minimum Gasteiger partial charge on any atom is -0.456 e. The van der Waals surface area contributed by atoms with Gasteiger partial charge in [0.25, 0.3) is 0 Å². The number of furan rings is 1. The number of rotatable bonds is 5. The molecule has 12 aromatic carbocycles. The molecule has 0 N–H and O–H groups in total. The number of hydrogen-bond acceptors (Lipinski definition) is 2. The third kappa shape index (κ3) is 4.81. The maximum absolute atomic E-state index is 6.44. The van der Waals surface area contributed by atoms with Gasteiger partial charge in [-0.15, -0.1) is 0 Å². The van der Waals surface area contributed by atoms with Crippen LogP contribution in [0.25, 0.3) is 108 Å². The lowest BCUT2D eigenvalue weighted by Crippen LogP contribution is -2.17. The van der Waals surface area contributed by atoms with Crippen LogP contribution in [0.5, 0.6) is 0 Å². The summed E-state index contributed by atoms with van der Waals surface area (Å²) in [5, 5.41) is 20.1. The first-order valence-electron chi connectivity index (χ1n) is 20.4. The van der Waals surface area contributed by atoms with Crippen LogP contribution < -0.4 is 4.90 Å². The Kier molecular flexibility index (Phi) is 6.82. The Morgan fingerprint density at radius 3 is 1.64 bits per heavy atom. The van der Waals surface area contributed by atoms with Gasteiger partial charge < -0.3 is 9.32 Å². The van der Waals surface area contributed by atoms with E-state index < -0.39 is 0 Å². The molecule has 13 rings (SSSR count). The van der Waals surface area contributed by atoms with Gasteiger partial charge in [0.1, 0.15) is 11.2 Å². The predicted molar refractivity (Wildman–Crippen MR) is 252 cm³/mol. The highest BCUT2D eigenvalue weighted by Gasteiger charge is 2.21. The number of anilines is 2. The van der Waals surface area contributed by atoms with Gasteiger partial charge in [-0.1, -0.05) is 170 Å². The van der Waals surface area contributed by atoms with E-state index in [1.807, 2.05) is 6.07 Å². The molecule has 0 bridgehead atoms. The Hall–Kier alpha value is -7.68. The van der Waals surface area contributed by atoms with E-state index in [1.54, 1.807) is 0 Å². The Morgan fingerprint density at radius 1 is 0.339 bits per heavy atom. The van der Waals surface area contributed by atoms with E-state index in [0.717, 1.165) is 27.6 Å². The van der Waals surface area contributed by atoms with Gasteiger partial charge in [-0.2, -0.15) is 0 Å². The second-order valence-corrected chi connectivity index (χ2v) is 16.0. The van der Waals surface area contributed by atoms with E-state index >= 15 is 0 Å². The van der Waals surface area contributed by atoms with Crippen LogP contribution in [0.2, 0.25) is 0 Å². The standard InChI is InChI=1S/C57H35NO/c1-2-15-42-36(10-1)11-5-17-43(42)37-27-29-41(30-28-37)58(34-35-24-31-45-44-16-3-4-23-52(44)59-53(45)32-35)51-33-40-14-8-20-47-46-18-6-12-38-25-26-39-13-7-19-48(55(39)54(38)46)49-21-9-22-50(51)57(49)56(40)47/h1-33H,34H2. The first-order chi connectivity index (χ1) is 29.2. The fourth-order valence-electron chi connectivity index (χ4n) is 10.2. The zero-order valence-corrected chi connectivity index (χ0v) is 32.1. The third-order valence-electron chi connectivity index (χ3n) is 12.8. The van der Waals surface area contributed by atoms with Crippen LogP contribution >= 0.6 is 0 Å². The molecule has 1 aromatic heterocycles. The van der Waals surface area contributed by atoms with Gasteiger partial charge in [0.15, 0.2) is 0 Å². The average molecular weight is 750 g/mol. The summed E-state index contributed by atoms with van der Waals surface area (Å²) in [5.74, 6) is 0. The minimum absolute atomic E-state index is 0.656. The molecule has 13 aromatic rings. The summed E-state index contributed by atoms with van der Waals surface area (Å²) >= 11 is 0. The normalized spacial score (nSPS) is 12.1. The summed E-state index contributed by atoms with van der Waals surface area (Å²) in [6.07, 6.45) is 0. The van der Waals surface area contributed by atoms with Crippen molar-refractivity contribution in [1.82, 2.24) is 0 Å². The van der Waals surface area contributed by atoms with Crippen LogP contribution in [0.15, 0.2) is 205 Å². The summed E-state index contributed by atoms with van der Waals surface area (Å²) in [6.45, 7) is 0.656. The summed E-state index contributed by atoms with van der Waals surface area (Å²) in [7, 11) is 0. The largest absolute Gasteiger partial charge is 0.456 e. The van der Waals surface area contributed by atoms with Gasteiger partial charge in [-0.25, -0.2) is 0 Å². The average Bonchev–Trinajstić information content (AvgIpc) is 3.67. The molecule has 59 heavy (non-hydrogen) atoms. The fourth-order valence-corrected chi connectivity index (χ4v) is 10.2. The number of fused-ring (bicyclic) bond motifs is 6. The summed E-state index contributed by atoms with van der Waals surface area (Å²) in [6, 6.07) is 73.8. The lowest BCUT2D eigenvalue weighted by atomic mass is 9.87. The quantitative estimate of drug-likeness (QED) is 0.163. The monoisotopic (exact) mass is 749 g/mol. The molecule has 0 aliphatic rings. The SMILES string of the molecule is c1ccc2c(-c3ccc(N(Cc4ccc5c(c4)oc4ccccc45)c4cc5cccc6c7cccc8ccc9cccc(c%10cccc4c%10c56)c9c87)cc3)cccc2c1. The van der Waals surface area contributed by atoms with Gasteiger partial charge in [-0.05, 0) is 112 Å². The second-order valence-electron chi connectivity index (χ2n) is 16.0. The van der Waals surface area contributed by atoms with Crippen LogP contribution in [0.4, 0.5) is 11.4 Å². The molecule has 0 amide bonds. The molecule has 0 radical (unpaired) electrons. The van der Waals surface area contributed by atoms with Crippen LogP contribution in [-0.2, 0) is 6.54 Å². The van der Waals surface area contributed by atoms with Crippen molar-refractivity contribution in [2.75, 3.05) is 4.90 Å². The van der Waals surface area contributed by atoms with Gasteiger partial charge in [0, 0.05) is 39.5 Å². The first kappa shape index (κ1) is 32.4. The molecule has 2 heteroatoms. The molecule has 274 valence electrons. The smallest absolute Gasteiger partial charge is 0.135 e. The van der Waals surface area contributed by atoms with Crippen LogP contribution in [0, 0.1) is 0 Å². The summed E-state index contributed by atoms with van der Waals surface area (Å²) in [4.78, 5) is 2.51. The van der Waals surface area contributed by atoms with Crippen molar-refractivity contribution in [1.29, 1.82) is 0 Å². The van der Waals surface area contributed by atoms with E-state index in [2.05, 4.69) is 199 Å². The van der Waals surface area contributed by atoms with E-state index in [-0.39, 0.29) is 0 Å². The van der Waals surface area contributed by atoms with Crippen molar-refractivity contribution in [3.63, 3.8) is 0 Å². The van der Waals surface area contributed by atoms with E-state index in [9.17, 15) is 0 Å². The molecule has 0 spiro atoms. The molecule has 0 saturated heterocycles. The molecule has 0 atom stereocenters. The highest BCUT2D eigenvalue weighted by molar-refractivity contribution is 6.38. The van der Waals surface area contributed by atoms with E-state index in [1.165, 1.54) is 97.8 Å². The number of para-hydroxylation sites is 1. The second kappa shape index (κ2) is 12.4. The molecular formula is C57H35NO. The van der Waals surface area contributed by atoms with Gasteiger partial charge in [-0.3, -0.25) is 0 Å². The van der Waals surface area contributed by atoms with Crippen LogP contribution in [-0.4, -0.2) is 0 Å². The van der Waals surface area contributed by atoms with E-state index in [4.69, 9.17) is 4.42 Å². The van der Waals surface area contributed by atoms with Crippen molar-refractivity contribution >= 4 is 109 Å². The molecule has 1 heterocycles. The van der Waals surface area contributed by atoms with Crippen LogP contribution in [0.3, 0.4) is 0 Å². The topological polar surface area (TPSA) is 16.4 Å². The summed E-state index contributed by atoms with van der Waals surface area (Å²) < 4.78 is 6.44. The molecule has 0 unspecified atom stereocenters. The molecule has 0 saturated carbocycles. The minimum atomic E-state index is 0.656. The molecular weight excluding hydrogens is 715 g/mol. The Balaban J connectivity index is 1.09. The molecule has 0 aliphatic heterocycles. The van der Waals surface area contributed by atoms with Crippen molar-refractivity contribution in [2.24, 2.45) is 0 Å². The number of hydrogen-bond donors (Lipinski definition) is 0. The zero-order chi connectivity index (χ0) is 38.6. The van der Waals surface area contributed by atoms with Crippen molar-refractivity contribution < 1.29 is 4.42 Å². The Bertz CT molecular complexity index is 3810. The maximum Gasteiger partial charge on any atom is 0.135 e. The first-order valence-corrected chi connectivity index (χ1v) is 20.4. The fraction of sp³-hybridized carbons (Fsp3) is 0.0175. The van der Waals surface area contributed by atoms with Gasteiger partial charge in [0.2, 0.25) is 0 Å². The van der Waals surface area contributed by atoms with Crippen molar-refractivity contribution in [2.45, 2.75) is 6.54 Å². The van der Waals surface area contributed by atoms with E-state index in [0.29, 0.717) is 6.54 Å². The number of nitrogens with zero attached hydrogens (tertiary/aromatic N) is 1. The third-order valence-corrected chi connectivity index (χ3v) is 12.8. The highest BCUT2D eigenvalue weighted by atomic mass is 16.3.